The average Bonchev–Trinajstić information content (AvgIpc) is 3.61. The molecule has 0 amide bonds. The van der Waals surface area contributed by atoms with Crippen LogP contribution in [0.15, 0.2) is 188 Å². The number of hydrogen-bond acceptors (Lipinski definition) is 2. The number of benzene rings is 10. The fourth-order valence-electron chi connectivity index (χ4n) is 9.09. The van der Waals surface area contributed by atoms with Crippen LogP contribution in [0.4, 0.5) is 0 Å². The lowest BCUT2D eigenvalue weighted by molar-refractivity contribution is 1.02. The van der Waals surface area contributed by atoms with Gasteiger partial charge in [0.2, 0.25) is 5.95 Å². The molecule has 3 nitrogen and oxygen atoms in total. The Hall–Kier alpha value is -7.36. The van der Waals surface area contributed by atoms with Gasteiger partial charge in [0.25, 0.3) is 0 Å². The van der Waals surface area contributed by atoms with E-state index in [0.29, 0.717) is 5.95 Å². The first-order chi connectivity index (χ1) is 27.3. The first kappa shape index (κ1) is 30.1. The zero-order valence-corrected chi connectivity index (χ0v) is 29.7. The van der Waals surface area contributed by atoms with Gasteiger partial charge in [0.05, 0.1) is 22.2 Å². The molecule has 10 aromatic carbocycles. The van der Waals surface area contributed by atoms with Gasteiger partial charge in [0, 0.05) is 37.9 Å². The fraction of sp³-hybridized carbons (Fsp3) is 0. The second-order valence-electron chi connectivity index (χ2n) is 14.5. The Morgan fingerprint density at radius 3 is 1.55 bits per heavy atom. The second kappa shape index (κ2) is 11.6. The summed E-state index contributed by atoms with van der Waals surface area (Å²) < 4.78 is 2.33. The number of hydrogen-bond donors (Lipinski definition) is 0. The normalized spacial score (nSPS) is 12.0. The molecule has 0 bridgehead atoms. The van der Waals surface area contributed by atoms with E-state index >= 15 is 0 Å². The summed E-state index contributed by atoms with van der Waals surface area (Å²) in [6, 6.07) is 67.8. The molecule has 2 aromatic heterocycles. The zero-order valence-electron chi connectivity index (χ0n) is 29.7. The quantitative estimate of drug-likeness (QED) is 0.172. The molecule has 0 aliphatic rings. The molecular formula is C52H31N3. The largest absolute Gasteiger partial charge is 0.277 e. The first-order valence-electron chi connectivity index (χ1n) is 18.8. The molecule has 12 aromatic rings. The summed E-state index contributed by atoms with van der Waals surface area (Å²) in [5, 5.41) is 15.6. The molecule has 0 saturated heterocycles. The van der Waals surface area contributed by atoms with E-state index in [0.717, 1.165) is 44.0 Å². The molecule has 55 heavy (non-hydrogen) atoms. The van der Waals surface area contributed by atoms with E-state index < -0.39 is 0 Å². The molecule has 0 unspecified atom stereocenters. The third-order valence-electron chi connectivity index (χ3n) is 11.6. The smallest absolute Gasteiger partial charge is 0.235 e. The Bertz CT molecular complexity index is 3490. The van der Waals surface area contributed by atoms with Gasteiger partial charge in [0.1, 0.15) is 0 Å². The van der Waals surface area contributed by atoms with Gasteiger partial charge >= 0.3 is 0 Å². The zero-order chi connectivity index (χ0) is 36.0. The molecule has 0 radical (unpaired) electrons. The molecular weight excluding hydrogens is 667 g/mol. The van der Waals surface area contributed by atoms with Gasteiger partial charge in [-0.1, -0.05) is 176 Å². The number of rotatable bonds is 3. The Morgan fingerprint density at radius 1 is 0.309 bits per heavy atom. The van der Waals surface area contributed by atoms with Crippen LogP contribution in [0.1, 0.15) is 0 Å². The van der Waals surface area contributed by atoms with Crippen molar-refractivity contribution in [1.29, 1.82) is 0 Å². The van der Waals surface area contributed by atoms with Crippen molar-refractivity contribution in [1.82, 2.24) is 14.5 Å². The Kier molecular flexibility index (Phi) is 6.34. The standard InChI is InChI=1S/C52H31N3/c1-2-12-32(13-3-1)33-22-24-36(25-23-33)49-45-29-27-34-14-4-6-16-37(34)50(45)54-52(53-49)55-46-31-30-43-41-20-9-8-18-39(41)40-19-10-11-21-42(40)47(43)48(46)44-28-26-35-15-5-7-17-38(35)51(44)55/h1-31H. The minimum absolute atomic E-state index is 0.659. The molecule has 0 aliphatic heterocycles. The number of fused-ring (bicyclic) bond motifs is 15. The molecule has 0 fully saturated rings. The van der Waals surface area contributed by atoms with Crippen molar-refractivity contribution in [3.05, 3.63) is 188 Å². The van der Waals surface area contributed by atoms with E-state index in [-0.39, 0.29) is 0 Å². The molecule has 0 N–H and O–H groups in total. The molecule has 0 saturated carbocycles. The summed E-state index contributed by atoms with van der Waals surface area (Å²) in [6.45, 7) is 0. The third kappa shape index (κ3) is 4.38. The van der Waals surface area contributed by atoms with Gasteiger partial charge in [-0.05, 0) is 61.0 Å². The minimum Gasteiger partial charge on any atom is -0.277 e. The van der Waals surface area contributed by atoms with Crippen molar-refractivity contribution in [2.75, 3.05) is 0 Å². The highest BCUT2D eigenvalue weighted by Crippen LogP contribution is 2.45. The lowest BCUT2D eigenvalue weighted by Crippen LogP contribution is -2.04. The molecule has 12 rings (SSSR count). The Morgan fingerprint density at radius 2 is 0.818 bits per heavy atom. The summed E-state index contributed by atoms with van der Waals surface area (Å²) in [6.07, 6.45) is 0. The van der Waals surface area contributed by atoms with Crippen molar-refractivity contribution in [2.24, 2.45) is 0 Å². The maximum Gasteiger partial charge on any atom is 0.235 e. The highest BCUT2D eigenvalue weighted by molar-refractivity contribution is 6.36. The van der Waals surface area contributed by atoms with Crippen LogP contribution >= 0.6 is 0 Å². The topological polar surface area (TPSA) is 30.7 Å². The average molecular weight is 698 g/mol. The van der Waals surface area contributed by atoms with E-state index in [1.54, 1.807) is 0 Å². The summed E-state index contributed by atoms with van der Waals surface area (Å²) in [5.41, 5.74) is 7.48. The van der Waals surface area contributed by atoms with Gasteiger partial charge in [-0.15, -0.1) is 0 Å². The number of aromatic nitrogens is 3. The van der Waals surface area contributed by atoms with Gasteiger partial charge in [-0.25, -0.2) is 9.97 Å². The van der Waals surface area contributed by atoms with Crippen LogP contribution in [0.25, 0.3) is 115 Å². The highest BCUT2D eigenvalue weighted by Gasteiger charge is 2.23. The summed E-state index contributed by atoms with van der Waals surface area (Å²) in [7, 11) is 0. The van der Waals surface area contributed by atoms with Crippen LogP contribution < -0.4 is 0 Å². The third-order valence-corrected chi connectivity index (χ3v) is 11.6. The summed E-state index contributed by atoms with van der Waals surface area (Å²) in [5.74, 6) is 0.659. The van der Waals surface area contributed by atoms with E-state index in [1.807, 2.05) is 0 Å². The molecule has 0 spiro atoms. The molecule has 3 heteroatoms. The number of nitrogens with zero attached hydrogens (tertiary/aromatic N) is 3. The van der Waals surface area contributed by atoms with Crippen LogP contribution in [0.3, 0.4) is 0 Å². The van der Waals surface area contributed by atoms with Crippen LogP contribution in [0.5, 0.6) is 0 Å². The van der Waals surface area contributed by atoms with Gasteiger partial charge in [-0.2, -0.15) is 0 Å². The predicted molar refractivity (Wildman–Crippen MR) is 232 cm³/mol. The molecule has 0 atom stereocenters. The van der Waals surface area contributed by atoms with Gasteiger partial charge in [0.15, 0.2) is 0 Å². The van der Waals surface area contributed by atoms with Crippen LogP contribution in [-0.4, -0.2) is 14.5 Å². The van der Waals surface area contributed by atoms with E-state index in [9.17, 15) is 0 Å². The lowest BCUT2D eigenvalue weighted by Gasteiger charge is -2.15. The maximum atomic E-state index is 5.57. The fourth-order valence-corrected chi connectivity index (χ4v) is 9.09. The van der Waals surface area contributed by atoms with E-state index in [1.165, 1.54) is 65.0 Å². The van der Waals surface area contributed by atoms with Crippen LogP contribution in [0, 0.1) is 0 Å². The Balaban J connectivity index is 1.25. The van der Waals surface area contributed by atoms with Gasteiger partial charge in [-0.3, -0.25) is 4.57 Å². The highest BCUT2D eigenvalue weighted by atomic mass is 15.2. The SMILES string of the molecule is c1ccc(-c2ccc(-c3nc(-n4c5ccc6c7ccccc7c7ccccc7c6c5c5ccc6ccccc6c54)nc4c3ccc3ccccc34)cc2)cc1. The second-order valence-corrected chi connectivity index (χ2v) is 14.5. The van der Waals surface area contributed by atoms with E-state index in [2.05, 4.69) is 193 Å². The van der Waals surface area contributed by atoms with Crippen molar-refractivity contribution in [2.45, 2.75) is 0 Å². The van der Waals surface area contributed by atoms with Gasteiger partial charge < -0.3 is 0 Å². The first-order valence-corrected chi connectivity index (χ1v) is 18.8. The lowest BCUT2D eigenvalue weighted by atomic mass is 9.91. The molecule has 254 valence electrons. The van der Waals surface area contributed by atoms with E-state index in [4.69, 9.17) is 9.97 Å². The maximum absolute atomic E-state index is 5.57. The van der Waals surface area contributed by atoms with Crippen LogP contribution in [-0.2, 0) is 0 Å². The van der Waals surface area contributed by atoms with Crippen molar-refractivity contribution >= 4 is 86.6 Å². The summed E-state index contributed by atoms with van der Waals surface area (Å²) >= 11 is 0. The Labute approximate surface area is 316 Å². The monoisotopic (exact) mass is 697 g/mol. The minimum atomic E-state index is 0.659. The summed E-state index contributed by atoms with van der Waals surface area (Å²) in [4.78, 5) is 11.1. The van der Waals surface area contributed by atoms with Crippen molar-refractivity contribution in [3.8, 4) is 28.3 Å². The van der Waals surface area contributed by atoms with Crippen LogP contribution in [0.2, 0.25) is 0 Å². The van der Waals surface area contributed by atoms with Crippen molar-refractivity contribution in [3.63, 3.8) is 0 Å². The predicted octanol–water partition coefficient (Wildman–Crippen LogP) is 13.8. The molecule has 0 aliphatic carbocycles. The molecule has 2 heterocycles. The van der Waals surface area contributed by atoms with Crippen molar-refractivity contribution < 1.29 is 0 Å².